The molecule has 0 bridgehead atoms. The van der Waals surface area contributed by atoms with Gasteiger partial charge in [-0.25, -0.2) is 4.98 Å². The molecule has 9 heteroatoms. The van der Waals surface area contributed by atoms with E-state index in [1.165, 1.54) is 17.4 Å². The molecule has 6 nitrogen and oxygen atoms in total. The van der Waals surface area contributed by atoms with Crippen LogP contribution in [0.5, 0.6) is 0 Å². The van der Waals surface area contributed by atoms with Crippen molar-refractivity contribution in [3.8, 4) is 0 Å². The van der Waals surface area contributed by atoms with Crippen molar-refractivity contribution in [2.45, 2.75) is 6.92 Å². The van der Waals surface area contributed by atoms with Crippen LogP contribution in [0.4, 0.5) is 4.79 Å². The Kier molecular flexibility index (Phi) is 6.82. The summed E-state index contributed by atoms with van der Waals surface area (Å²) >= 11 is 5.79. The summed E-state index contributed by atoms with van der Waals surface area (Å²) in [5.41, 5.74) is 1.55. The monoisotopic (exact) mass is 477 g/mol. The first-order valence-corrected chi connectivity index (χ1v) is 10.8. The van der Waals surface area contributed by atoms with Gasteiger partial charge in [0, 0.05) is 29.0 Å². The first-order chi connectivity index (χ1) is 13.4. The highest BCUT2D eigenvalue weighted by Gasteiger charge is 2.34. The molecule has 0 radical (unpaired) electrons. The molecule has 0 atom stereocenters. The fourth-order valence-electron chi connectivity index (χ4n) is 2.41. The molecule has 1 aliphatic heterocycles. The van der Waals surface area contributed by atoms with Crippen LogP contribution in [0.3, 0.4) is 0 Å². The Bertz CT molecular complexity index is 984. The fraction of sp³-hybridized carbons (Fsp3) is 0.158. The molecule has 2 heterocycles. The number of nitrogens with zero attached hydrogens (tertiary/aromatic N) is 2. The minimum Gasteiger partial charge on any atom is -0.351 e. The number of amides is 3. The summed E-state index contributed by atoms with van der Waals surface area (Å²) < 4.78 is 0.893. The van der Waals surface area contributed by atoms with Crippen molar-refractivity contribution in [2.24, 2.45) is 0 Å². The summed E-state index contributed by atoms with van der Waals surface area (Å²) in [5, 5.41) is 5.11. The normalized spacial score (nSPS) is 15.8. The van der Waals surface area contributed by atoms with Gasteiger partial charge in [0.25, 0.3) is 11.1 Å². The van der Waals surface area contributed by atoms with Crippen LogP contribution in [0, 0.1) is 6.92 Å². The molecule has 3 amide bonds. The van der Waals surface area contributed by atoms with E-state index in [0.717, 1.165) is 37.4 Å². The van der Waals surface area contributed by atoms with Gasteiger partial charge in [0.1, 0.15) is 0 Å². The summed E-state index contributed by atoms with van der Waals surface area (Å²) in [5.74, 6) is -0.653. The van der Waals surface area contributed by atoms with Crippen LogP contribution < -0.4 is 5.32 Å². The van der Waals surface area contributed by atoms with Crippen LogP contribution in [0.25, 0.3) is 12.2 Å². The summed E-state index contributed by atoms with van der Waals surface area (Å²) in [6, 6.07) is 7.46. The van der Waals surface area contributed by atoms with E-state index in [9.17, 15) is 14.4 Å². The number of nitrogens with one attached hydrogen (secondary N) is 1. The van der Waals surface area contributed by atoms with Gasteiger partial charge < -0.3 is 5.32 Å². The smallest absolute Gasteiger partial charge is 0.293 e. The lowest BCUT2D eigenvalue weighted by Gasteiger charge is -2.12. The Balaban J connectivity index is 1.53. The number of hydrogen-bond acceptors (Lipinski definition) is 6. The molecular weight excluding hydrogens is 462 g/mol. The Morgan fingerprint density at radius 1 is 1.36 bits per heavy atom. The predicted molar refractivity (Wildman–Crippen MR) is 116 cm³/mol. The van der Waals surface area contributed by atoms with Crippen LogP contribution >= 0.6 is 39.0 Å². The first-order valence-electron chi connectivity index (χ1n) is 8.31. The minimum atomic E-state index is -0.349. The minimum absolute atomic E-state index is 0.121. The molecule has 1 N–H and O–H groups in total. The Morgan fingerprint density at radius 3 is 2.89 bits per heavy atom. The number of carbonyl (C=O) groups excluding carboxylic acids is 3. The number of aryl methyl sites for hydroxylation is 1. The molecule has 28 heavy (non-hydrogen) atoms. The highest BCUT2D eigenvalue weighted by Crippen LogP contribution is 2.32. The maximum Gasteiger partial charge on any atom is 0.293 e. The quantitative estimate of drug-likeness (QED) is 0.633. The number of thioether (sulfide) groups is 1. The maximum atomic E-state index is 12.5. The average molecular weight is 478 g/mol. The van der Waals surface area contributed by atoms with Crippen molar-refractivity contribution in [1.29, 1.82) is 0 Å². The zero-order chi connectivity index (χ0) is 20.1. The summed E-state index contributed by atoms with van der Waals surface area (Å²) in [6.45, 7) is 2.20. The molecule has 1 saturated heterocycles. The van der Waals surface area contributed by atoms with Gasteiger partial charge in [-0.1, -0.05) is 28.1 Å². The molecule has 1 aliphatic rings. The third-order valence-corrected chi connectivity index (χ3v) is 5.89. The van der Waals surface area contributed by atoms with Crippen molar-refractivity contribution in [3.63, 3.8) is 0 Å². The molecule has 0 unspecified atom stereocenters. The molecule has 0 saturated carbocycles. The molecule has 0 aliphatic carbocycles. The van der Waals surface area contributed by atoms with Crippen molar-refractivity contribution >= 4 is 68.2 Å². The lowest BCUT2D eigenvalue weighted by Crippen LogP contribution is -2.36. The number of rotatable bonds is 6. The molecule has 2 aromatic rings. The van der Waals surface area contributed by atoms with Crippen LogP contribution in [0.2, 0.25) is 0 Å². The first kappa shape index (κ1) is 20.5. The van der Waals surface area contributed by atoms with E-state index in [1.807, 2.05) is 36.6 Å². The topological polar surface area (TPSA) is 79.4 Å². The van der Waals surface area contributed by atoms with Crippen molar-refractivity contribution in [1.82, 2.24) is 15.2 Å². The second-order valence-electron chi connectivity index (χ2n) is 5.80. The standard InChI is InChI=1S/C19H16BrN3O3S2/c1-12-22-15(11-27-12)5-6-17(24)21-7-8-23-18(25)16(28-19(23)26)10-13-3-2-4-14(20)9-13/h2-6,9-11H,7-8H2,1H3,(H,21,24). The van der Waals surface area contributed by atoms with Crippen LogP contribution in [0.1, 0.15) is 16.3 Å². The van der Waals surface area contributed by atoms with Crippen molar-refractivity contribution < 1.29 is 14.4 Å². The fourth-order valence-corrected chi connectivity index (χ4v) is 4.27. The van der Waals surface area contributed by atoms with Gasteiger partial charge in [-0.2, -0.15) is 0 Å². The lowest BCUT2D eigenvalue weighted by atomic mass is 10.2. The molecule has 144 valence electrons. The summed E-state index contributed by atoms with van der Waals surface area (Å²) in [4.78, 5) is 42.2. The van der Waals surface area contributed by atoms with Gasteiger partial charge in [-0.05, 0) is 48.5 Å². The van der Waals surface area contributed by atoms with Gasteiger partial charge in [0.15, 0.2) is 0 Å². The molecule has 1 aromatic heterocycles. The number of imide groups is 1. The number of hydrogen-bond donors (Lipinski definition) is 1. The van der Waals surface area contributed by atoms with Gasteiger partial charge in [0.05, 0.1) is 15.6 Å². The Morgan fingerprint density at radius 2 is 2.18 bits per heavy atom. The van der Waals surface area contributed by atoms with E-state index >= 15 is 0 Å². The van der Waals surface area contributed by atoms with Crippen molar-refractivity contribution in [3.05, 3.63) is 61.4 Å². The molecule has 1 aromatic carbocycles. The zero-order valence-electron chi connectivity index (χ0n) is 14.8. The van der Waals surface area contributed by atoms with Gasteiger partial charge in [0.2, 0.25) is 5.91 Å². The number of benzene rings is 1. The van der Waals surface area contributed by atoms with Gasteiger partial charge in [-0.15, -0.1) is 11.3 Å². The summed E-state index contributed by atoms with van der Waals surface area (Å²) in [7, 11) is 0. The van der Waals surface area contributed by atoms with Crippen LogP contribution in [-0.2, 0) is 9.59 Å². The van der Waals surface area contributed by atoms with Crippen molar-refractivity contribution in [2.75, 3.05) is 13.1 Å². The number of carbonyl (C=O) groups is 3. The second kappa shape index (κ2) is 9.31. The van der Waals surface area contributed by atoms with E-state index in [-0.39, 0.29) is 30.1 Å². The van der Waals surface area contributed by atoms with E-state index in [2.05, 4.69) is 26.2 Å². The zero-order valence-corrected chi connectivity index (χ0v) is 18.1. The van der Waals surface area contributed by atoms with E-state index in [0.29, 0.717) is 4.91 Å². The Labute approximate surface area is 178 Å². The average Bonchev–Trinajstić information content (AvgIpc) is 3.18. The van der Waals surface area contributed by atoms with E-state index < -0.39 is 0 Å². The SMILES string of the molecule is Cc1nc(C=CC(=O)NCCN2C(=O)SC(=Cc3cccc(Br)c3)C2=O)cs1. The number of aromatic nitrogens is 1. The molecule has 0 spiro atoms. The highest BCUT2D eigenvalue weighted by atomic mass is 79.9. The molecular formula is C19H16BrN3O3S2. The largest absolute Gasteiger partial charge is 0.351 e. The predicted octanol–water partition coefficient (Wildman–Crippen LogP) is 4.08. The van der Waals surface area contributed by atoms with E-state index in [1.54, 1.807) is 12.2 Å². The molecule has 3 rings (SSSR count). The maximum absolute atomic E-state index is 12.5. The highest BCUT2D eigenvalue weighted by molar-refractivity contribution is 9.10. The van der Waals surface area contributed by atoms with Crippen LogP contribution in [0.15, 0.2) is 45.1 Å². The summed E-state index contributed by atoms with van der Waals surface area (Å²) in [6.07, 6.45) is 4.70. The second-order valence-corrected chi connectivity index (χ2v) is 8.78. The van der Waals surface area contributed by atoms with E-state index in [4.69, 9.17) is 0 Å². The van der Waals surface area contributed by atoms with Gasteiger partial charge >= 0.3 is 0 Å². The number of thiazole rings is 1. The third-order valence-electron chi connectivity index (χ3n) is 3.70. The lowest BCUT2D eigenvalue weighted by molar-refractivity contribution is -0.123. The van der Waals surface area contributed by atoms with Gasteiger partial charge in [-0.3, -0.25) is 19.3 Å². The molecule has 1 fully saturated rings. The third kappa shape index (κ3) is 5.40. The Hall–Kier alpha value is -2.23. The van der Waals surface area contributed by atoms with Crippen LogP contribution in [-0.4, -0.2) is 40.0 Å². The number of halogens is 1.